The molecule has 2 aliphatic heterocycles. The van der Waals surface area contributed by atoms with E-state index in [1.54, 1.807) is 12.4 Å². The summed E-state index contributed by atoms with van der Waals surface area (Å²) in [5, 5.41) is 21.1. The second kappa shape index (κ2) is 15.0. The van der Waals surface area contributed by atoms with E-state index < -0.39 is 12.3 Å². The molecule has 1 amide bonds. The summed E-state index contributed by atoms with van der Waals surface area (Å²) >= 11 is 0. The summed E-state index contributed by atoms with van der Waals surface area (Å²) in [6.45, 7) is 4.20. The minimum absolute atomic E-state index is 0.00855. The third kappa shape index (κ3) is 8.80. The number of nitrogens with one attached hydrogen (secondary N) is 1. The van der Waals surface area contributed by atoms with Gasteiger partial charge in [-0.05, 0) is 42.2 Å². The number of piperazine rings is 1. The van der Waals surface area contributed by atoms with Gasteiger partial charge in [0.15, 0.2) is 6.29 Å². The Bertz CT molecular complexity index is 1320. The number of aliphatic hydroxyl groups is 1. The zero-order valence-electron chi connectivity index (χ0n) is 24.2. The second-order valence-corrected chi connectivity index (χ2v) is 11.0. The predicted octanol–water partition coefficient (Wildman–Crippen LogP) is 3.92. The number of anilines is 2. The number of aliphatic hydroxyl groups excluding tert-OH is 1. The molecule has 0 radical (unpaired) electrons. The van der Waals surface area contributed by atoms with Gasteiger partial charge in [0.05, 0.1) is 18.8 Å². The summed E-state index contributed by atoms with van der Waals surface area (Å²) < 4.78 is 13.0. The number of carbonyl (C=O) groups excluding carboxylic acids is 1. The van der Waals surface area contributed by atoms with Crippen molar-refractivity contribution in [3.63, 3.8) is 0 Å². The minimum atomic E-state index is -0.851. The number of amides is 1. The van der Waals surface area contributed by atoms with Gasteiger partial charge in [0, 0.05) is 75.6 Å². The lowest BCUT2D eigenvalue weighted by molar-refractivity contribution is -0.253. The zero-order chi connectivity index (χ0) is 30.0. The van der Waals surface area contributed by atoms with Gasteiger partial charge in [-0.15, -0.1) is 0 Å². The summed E-state index contributed by atoms with van der Waals surface area (Å²) in [6, 6.07) is 17.1. The van der Waals surface area contributed by atoms with E-state index in [1.807, 2.05) is 54.6 Å². The maximum atomic E-state index is 12.3. The van der Waals surface area contributed by atoms with Crippen LogP contribution in [-0.2, 0) is 25.7 Å². The Labute approximate surface area is 251 Å². The smallest absolute Gasteiger partial charge is 0.303 e. The van der Waals surface area contributed by atoms with Gasteiger partial charge in [0.1, 0.15) is 0 Å². The Balaban J connectivity index is 1.22. The molecule has 0 aliphatic carbocycles. The highest BCUT2D eigenvalue weighted by atomic mass is 16.7. The molecule has 43 heavy (non-hydrogen) atoms. The molecule has 2 aromatic carbocycles. The van der Waals surface area contributed by atoms with Crippen LogP contribution in [0.15, 0.2) is 67.0 Å². The van der Waals surface area contributed by atoms with Crippen molar-refractivity contribution in [3.8, 4) is 0 Å². The average Bonchev–Trinajstić information content (AvgIpc) is 3.04. The van der Waals surface area contributed by atoms with Crippen molar-refractivity contribution < 1.29 is 29.3 Å². The van der Waals surface area contributed by atoms with Gasteiger partial charge < -0.3 is 29.9 Å². The number of aromatic nitrogens is 2. The summed E-state index contributed by atoms with van der Waals surface area (Å²) in [6.07, 6.45) is 4.75. The lowest BCUT2D eigenvalue weighted by Crippen LogP contribution is -2.50. The fourth-order valence-electron chi connectivity index (χ4n) is 5.41. The number of benzene rings is 2. The molecule has 2 fully saturated rings. The van der Waals surface area contributed by atoms with Gasteiger partial charge in [-0.2, -0.15) is 0 Å². The molecule has 5 rings (SSSR count). The van der Waals surface area contributed by atoms with Crippen molar-refractivity contribution >= 4 is 23.5 Å². The molecule has 228 valence electrons. The minimum Gasteiger partial charge on any atom is -0.481 e. The lowest BCUT2D eigenvalue weighted by Gasteiger charge is -2.40. The highest BCUT2D eigenvalue weighted by Gasteiger charge is 2.34. The Morgan fingerprint density at radius 3 is 2.23 bits per heavy atom. The van der Waals surface area contributed by atoms with E-state index in [0.29, 0.717) is 24.9 Å². The number of ether oxygens (including phenoxy) is 2. The first kappa shape index (κ1) is 30.6. The maximum absolute atomic E-state index is 12.3. The predicted molar refractivity (Wildman–Crippen MR) is 160 cm³/mol. The largest absolute Gasteiger partial charge is 0.481 e. The van der Waals surface area contributed by atoms with E-state index in [0.717, 1.165) is 55.4 Å². The number of hydrogen-bond acceptors (Lipinski definition) is 9. The fraction of sp³-hybridized carbons (Fsp3) is 0.438. The maximum Gasteiger partial charge on any atom is 0.303 e. The van der Waals surface area contributed by atoms with Gasteiger partial charge >= 0.3 is 5.97 Å². The first-order valence-electron chi connectivity index (χ1n) is 14.8. The number of carboxylic acid groups (broad SMARTS) is 1. The summed E-state index contributed by atoms with van der Waals surface area (Å²) in [5.41, 5.74) is 3.40. The highest BCUT2D eigenvalue weighted by Crippen LogP contribution is 2.38. The number of carboxylic acids is 1. The zero-order valence-corrected chi connectivity index (χ0v) is 24.2. The number of unbranched alkanes of at least 4 members (excludes halogenated alkanes) is 1. The van der Waals surface area contributed by atoms with E-state index in [2.05, 4.69) is 25.1 Å². The number of nitrogens with zero attached hydrogens (tertiary/aromatic N) is 4. The molecule has 2 aliphatic rings. The van der Waals surface area contributed by atoms with E-state index >= 15 is 0 Å². The quantitative estimate of drug-likeness (QED) is 0.267. The van der Waals surface area contributed by atoms with Crippen molar-refractivity contribution in [2.75, 3.05) is 42.9 Å². The highest BCUT2D eigenvalue weighted by molar-refractivity contribution is 5.90. The van der Waals surface area contributed by atoms with Crippen LogP contribution in [0.5, 0.6) is 0 Å². The SMILES string of the molecule is O=C(O)CCCCC(=O)Nc1ccc([C@H]2O[C@@H](CN3CCN(c4ncccn4)CC3)C[C@@H](c3ccc(CO)cc3)O2)cc1. The Hall–Kier alpha value is -3.90. The van der Waals surface area contributed by atoms with Crippen LogP contribution in [0.3, 0.4) is 0 Å². The topological polar surface area (TPSA) is 137 Å². The number of rotatable bonds is 12. The molecule has 11 heteroatoms. The molecule has 1 aromatic heterocycles. The first-order valence-corrected chi connectivity index (χ1v) is 14.8. The van der Waals surface area contributed by atoms with E-state index in [1.165, 1.54) is 0 Å². The van der Waals surface area contributed by atoms with Crippen molar-refractivity contribution in [1.82, 2.24) is 14.9 Å². The summed E-state index contributed by atoms with van der Waals surface area (Å²) in [5.74, 6) is -0.238. The Kier molecular flexibility index (Phi) is 10.7. The van der Waals surface area contributed by atoms with E-state index in [9.17, 15) is 14.7 Å². The van der Waals surface area contributed by atoms with Crippen LogP contribution < -0.4 is 10.2 Å². The van der Waals surface area contributed by atoms with Crippen molar-refractivity contribution in [2.45, 2.75) is 57.2 Å². The molecule has 0 unspecified atom stereocenters. The fourth-order valence-corrected chi connectivity index (χ4v) is 5.41. The van der Waals surface area contributed by atoms with Gasteiger partial charge in [-0.1, -0.05) is 36.4 Å². The Morgan fingerprint density at radius 2 is 1.56 bits per heavy atom. The molecule has 11 nitrogen and oxygen atoms in total. The van der Waals surface area contributed by atoms with Crippen LogP contribution in [0, 0.1) is 0 Å². The molecular formula is C32H39N5O6. The van der Waals surface area contributed by atoms with Crippen LogP contribution in [0.4, 0.5) is 11.6 Å². The first-order chi connectivity index (χ1) is 21.0. The number of aliphatic carboxylic acids is 1. The third-order valence-corrected chi connectivity index (χ3v) is 7.80. The summed E-state index contributed by atoms with van der Waals surface area (Å²) in [7, 11) is 0. The van der Waals surface area contributed by atoms with Gasteiger partial charge in [0.25, 0.3) is 0 Å². The third-order valence-electron chi connectivity index (χ3n) is 7.80. The molecule has 3 heterocycles. The molecule has 0 saturated carbocycles. The van der Waals surface area contributed by atoms with Gasteiger partial charge in [0.2, 0.25) is 11.9 Å². The van der Waals surface area contributed by atoms with Crippen molar-refractivity contribution in [1.29, 1.82) is 0 Å². The molecule has 3 atom stereocenters. The van der Waals surface area contributed by atoms with Crippen molar-refractivity contribution in [2.24, 2.45) is 0 Å². The second-order valence-electron chi connectivity index (χ2n) is 11.0. The molecule has 3 aromatic rings. The van der Waals surface area contributed by atoms with Crippen molar-refractivity contribution in [3.05, 3.63) is 83.7 Å². The van der Waals surface area contributed by atoms with E-state index in [4.69, 9.17) is 14.6 Å². The number of hydrogen-bond donors (Lipinski definition) is 3. The van der Waals surface area contributed by atoms with Crippen LogP contribution in [-0.4, -0.2) is 75.8 Å². The monoisotopic (exact) mass is 589 g/mol. The molecule has 3 N–H and O–H groups in total. The molecule has 0 spiro atoms. The van der Waals surface area contributed by atoms with Crippen LogP contribution in [0.1, 0.15) is 61.2 Å². The van der Waals surface area contributed by atoms with Gasteiger partial charge in [-0.3, -0.25) is 14.5 Å². The van der Waals surface area contributed by atoms with Crippen LogP contribution in [0.25, 0.3) is 0 Å². The lowest BCUT2D eigenvalue weighted by atomic mass is 9.99. The van der Waals surface area contributed by atoms with Crippen LogP contribution in [0.2, 0.25) is 0 Å². The molecule has 2 saturated heterocycles. The van der Waals surface area contributed by atoms with Gasteiger partial charge in [-0.25, -0.2) is 9.97 Å². The molecule has 0 bridgehead atoms. The average molecular weight is 590 g/mol. The number of carbonyl (C=O) groups is 2. The Morgan fingerprint density at radius 1 is 0.884 bits per heavy atom. The van der Waals surface area contributed by atoms with E-state index in [-0.39, 0.29) is 37.6 Å². The standard InChI is InChI=1S/C32H39N5O6/c38-22-23-6-8-24(9-7-23)28-20-27(21-36-16-18-37(19-17-36)32-33-14-3-15-34-32)42-31(43-28)25-10-12-26(13-11-25)35-29(39)4-1-2-5-30(40)41/h3,6-15,27-28,31,38H,1-2,4-5,16-22H2,(H,35,39)(H,40,41)/t27-,28+,31+/m1/s1. The normalized spacial score (nSPS) is 21.0. The van der Waals surface area contributed by atoms with Crippen LogP contribution >= 0.6 is 0 Å². The molecular weight excluding hydrogens is 550 g/mol. The summed E-state index contributed by atoms with van der Waals surface area (Å²) in [4.78, 5) is 36.3.